The number of carbonyl (C=O) groups is 1. The summed E-state index contributed by atoms with van der Waals surface area (Å²) in [5, 5.41) is 3.61. The van der Waals surface area contributed by atoms with Gasteiger partial charge in [-0.15, -0.1) is 0 Å². The van der Waals surface area contributed by atoms with E-state index in [1.807, 2.05) is 6.92 Å². The SMILES string of the molecule is CCOc1ccc(C(=O)NC(CC)c2ccc3c(c2)CCCC3)cc1Cl. The Labute approximate surface area is 160 Å². The average Bonchev–Trinajstić information content (AvgIpc) is 2.67. The van der Waals surface area contributed by atoms with E-state index in [4.69, 9.17) is 16.3 Å². The lowest BCUT2D eigenvalue weighted by Crippen LogP contribution is -2.28. The monoisotopic (exact) mass is 371 g/mol. The van der Waals surface area contributed by atoms with E-state index in [2.05, 4.69) is 30.4 Å². The standard InChI is InChI=1S/C22H26ClNO2/c1-3-20(17-10-9-15-7-5-6-8-16(15)13-17)24-22(25)18-11-12-21(26-4-2)19(23)14-18/h9-14,20H,3-8H2,1-2H3,(H,24,25). The van der Waals surface area contributed by atoms with Gasteiger partial charge in [-0.2, -0.15) is 0 Å². The van der Waals surface area contributed by atoms with Crippen LogP contribution in [0, 0.1) is 0 Å². The van der Waals surface area contributed by atoms with Crippen molar-refractivity contribution in [3.63, 3.8) is 0 Å². The summed E-state index contributed by atoms with van der Waals surface area (Å²) in [5.41, 5.74) is 4.62. The second-order valence-corrected chi connectivity index (χ2v) is 7.15. The summed E-state index contributed by atoms with van der Waals surface area (Å²) in [7, 11) is 0. The number of amides is 1. The highest BCUT2D eigenvalue weighted by molar-refractivity contribution is 6.32. The molecule has 1 amide bonds. The van der Waals surface area contributed by atoms with E-state index in [0.29, 0.717) is 22.9 Å². The van der Waals surface area contributed by atoms with Crippen LogP contribution in [0.4, 0.5) is 0 Å². The Morgan fingerprint density at radius 1 is 1.12 bits per heavy atom. The highest BCUT2D eigenvalue weighted by Gasteiger charge is 2.17. The van der Waals surface area contributed by atoms with Crippen LogP contribution in [0.5, 0.6) is 5.75 Å². The van der Waals surface area contributed by atoms with Crippen LogP contribution in [0.25, 0.3) is 0 Å². The summed E-state index contributed by atoms with van der Waals surface area (Å²) >= 11 is 6.21. The molecule has 0 bridgehead atoms. The van der Waals surface area contributed by atoms with E-state index in [9.17, 15) is 4.79 Å². The minimum absolute atomic E-state index is 0.0000652. The van der Waals surface area contributed by atoms with Gasteiger partial charge in [0.1, 0.15) is 5.75 Å². The van der Waals surface area contributed by atoms with Gasteiger partial charge >= 0.3 is 0 Å². The van der Waals surface area contributed by atoms with Gasteiger partial charge < -0.3 is 10.1 Å². The first kappa shape index (κ1) is 18.8. The normalized spacial score (nSPS) is 14.4. The van der Waals surface area contributed by atoms with Crippen molar-refractivity contribution in [1.29, 1.82) is 0 Å². The summed E-state index contributed by atoms with van der Waals surface area (Å²) in [5.74, 6) is 0.493. The number of hydrogen-bond acceptors (Lipinski definition) is 2. The maximum Gasteiger partial charge on any atom is 0.251 e. The zero-order chi connectivity index (χ0) is 18.5. The van der Waals surface area contributed by atoms with Crippen LogP contribution < -0.4 is 10.1 Å². The molecule has 0 saturated heterocycles. The molecule has 0 radical (unpaired) electrons. The lowest BCUT2D eigenvalue weighted by molar-refractivity contribution is 0.0935. The minimum Gasteiger partial charge on any atom is -0.492 e. The molecule has 1 atom stereocenters. The number of fused-ring (bicyclic) bond motifs is 1. The van der Waals surface area contributed by atoms with E-state index in [1.165, 1.54) is 36.0 Å². The molecule has 1 aliphatic rings. The van der Waals surface area contributed by atoms with Crippen molar-refractivity contribution in [3.8, 4) is 5.75 Å². The smallest absolute Gasteiger partial charge is 0.251 e. The molecule has 0 aliphatic heterocycles. The van der Waals surface area contributed by atoms with Crippen LogP contribution >= 0.6 is 11.6 Å². The Kier molecular flexibility index (Phi) is 6.20. The minimum atomic E-state index is -0.112. The first-order valence-electron chi connectivity index (χ1n) is 9.47. The molecule has 1 unspecified atom stereocenters. The maximum absolute atomic E-state index is 12.7. The van der Waals surface area contributed by atoms with Crippen molar-refractivity contribution in [2.75, 3.05) is 6.61 Å². The number of rotatable bonds is 6. The van der Waals surface area contributed by atoms with Crippen molar-refractivity contribution in [2.45, 2.75) is 52.0 Å². The lowest BCUT2D eigenvalue weighted by Gasteiger charge is -2.22. The number of carbonyl (C=O) groups excluding carboxylic acids is 1. The third-order valence-corrected chi connectivity index (χ3v) is 5.28. The van der Waals surface area contributed by atoms with Gasteiger partial charge in [0.2, 0.25) is 0 Å². The van der Waals surface area contributed by atoms with Gasteiger partial charge in [-0.25, -0.2) is 0 Å². The fourth-order valence-electron chi connectivity index (χ4n) is 3.55. The van der Waals surface area contributed by atoms with Gasteiger partial charge in [0, 0.05) is 5.56 Å². The van der Waals surface area contributed by atoms with E-state index in [-0.39, 0.29) is 11.9 Å². The zero-order valence-corrected chi connectivity index (χ0v) is 16.2. The summed E-state index contributed by atoms with van der Waals surface area (Å²) in [6.45, 7) is 4.54. The van der Waals surface area contributed by atoms with Crippen LogP contribution in [-0.2, 0) is 12.8 Å². The first-order valence-corrected chi connectivity index (χ1v) is 9.85. The Morgan fingerprint density at radius 3 is 2.58 bits per heavy atom. The predicted octanol–water partition coefficient (Wildman–Crippen LogP) is 5.50. The van der Waals surface area contributed by atoms with Crippen molar-refractivity contribution in [3.05, 3.63) is 63.7 Å². The van der Waals surface area contributed by atoms with Crippen molar-refractivity contribution >= 4 is 17.5 Å². The molecule has 3 rings (SSSR count). The quantitative estimate of drug-likeness (QED) is 0.728. The number of halogens is 1. The molecule has 2 aromatic carbocycles. The van der Waals surface area contributed by atoms with Crippen LogP contribution in [0.3, 0.4) is 0 Å². The Balaban J connectivity index is 1.75. The molecular weight excluding hydrogens is 346 g/mol. The topological polar surface area (TPSA) is 38.3 Å². The first-order chi connectivity index (χ1) is 12.6. The third-order valence-electron chi connectivity index (χ3n) is 4.98. The van der Waals surface area contributed by atoms with Crippen LogP contribution in [0.15, 0.2) is 36.4 Å². The second-order valence-electron chi connectivity index (χ2n) is 6.75. The number of benzene rings is 2. The molecule has 138 valence electrons. The summed E-state index contributed by atoms with van der Waals surface area (Å²) in [6.07, 6.45) is 5.68. The van der Waals surface area contributed by atoms with Gasteiger partial charge in [0.25, 0.3) is 5.91 Å². The van der Waals surface area contributed by atoms with Crippen molar-refractivity contribution in [2.24, 2.45) is 0 Å². The number of nitrogens with one attached hydrogen (secondary N) is 1. The van der Waals surface area contributed by atoms with E-state index in [1.54, 1.807) is 18.2 Å². The highest BCUT2D eigenvalue weighted by Crippen LogP contribution is 2.28. The largest absolute Gasteiger partial charge is 0.492 e. The van der Waals surface area contributed by atoms with Gasteiger partial charge in [0.15, 0.2) is 0 Å². The Bertz CT molecular complexity index is 788. The van der Waals surface area contributed by atoms with Crippen molar-refractivity contribution in [1.82, 2.24) is 5.32 Å². The Hall–Kier alpha value is -2.00. The molecule has 0 spiro atoms. The van der Waals surface area contributed by atoms with E-state index in [0.717, 1.165) is 12.8 Å². The fourth-order valence-corrected chi connectivity index (χ4v) is 3.78. The summed E-state index contributed by atoms with van der Waals surface area (Å²) in [6, 6.07) is 11.8. The molecule has 0 fully saturated rings. The van der Waals surface area contributed by atoms with Gasteiger partial charge in [-0.3, -0.25) is 4.79 Å². The second kappa shape index (κ2) is 8.59. The van der Waals surface area contributed by atoms with Crippen LogP contribution in [0.1, 0.15) is 66.2 Å². The average molecular weight is 372 g/mol. The lowest BCUT2D eigenvalue weighted by atomic mass is 9.88. The van der Waals surface area contributed by atoms with E-state index < -0.39 is 0 Å². The molecule has 0 aromatic heterocycles. The zero-order valence-electron chi connectivity index (χ0n) is 15.5. The van der Waals surface area contributed by atoms with Gasteiger partial charge in [-0.1, -0.05) is 36.7 Å². The third kappa shape index (κ3) is 4.21. The molecular formula is C22H26ClNO2. The molecule has 1 N–H and O–H groups in total. The number of aryl methyl sites for hydroxylation is 2. The summed E-state index contributed by atoms with van der Waals surface area (Å²) < 4.78 is 5.43. The van der Waals surface area contributed by atoms with Crippen molar-refractivity contribution < 1.29 is 9.53 Å². The number of ether oxygens (including phenoxy) is 1. The number of hydrogen-bond donors (Lipinski definition) is 1. The van der Waals surface area contributed by atoms with Crippen LogP contribution in [-0.4, -0.2) is 12.5 Å². The highest BCUT2D eigenvalue weighted by atomic mass is 35.5. The predicted molar refractivity (Wildman–Crippen MR) is 106 cm³/mol. The molecule has 26 heavy (non-hydrogen) atoms. The van der Waals surface area contributed by atoms with E-state index >= 15 is 0 Å². The van der Waals surface area contributed by atoms with Crippen LogP contribution in [0.2, 0.25) is 5.02 Å². The molecule has 0 heterocycles. The maximum atomic E-state index is 12.7. The molecule has 0 saturated carbocycles. The molecule has 3 nitrogen and oxygen atoms in total. The molecule has 1 aliphatic carbocycles. The molecule has 4 heteroatoms. The summed E-state index contributed by atoms with van der Waals surface area (Å²) in [4.78, 5) is 12.7. The van der Waals surface area contributed by atoms with Gasteiger partial charge in [0.05, 0.1) is 17.7 Å². The fraction of sp³-hybridized carbons (Fsp3) is 0.409. The van der Waals surface area contributed by atoms with Gasteiger partial charge in [-0.05, 0) is 73.9 Å². The Morgan fingerprint density at radius 2 is 1.88 bits per heavy atom. The molecule has 2 aromatic rings.